The van der Waals surface area contributed by atoms with Gasteiger partial charge in [-0.3, -0.25) is 14.8 Å². The van der Waals surface area contributed by atoms with Crippen LogP contribution in [0, 0.1) is 5.92 Å². The molecule has 1 aliphatic rings. The van der Waals surface area contributed by atoms with Crippen molar-refractivity contribution in [1.82, 2.24) is 0 Å². The Bertz CT molecular complexity index is 554. The Labute approximate surface area is 141 Å². The molecule has 12 nitrogen and oxygen atoms in total. The van der Waals surface area contributed by atoms with E-state index < -0.39 is 65.8 Å². The van der Waals surface area contributed by atoms with Gasteiger partial charge in [-0.05, 0) is 13.8 Å². The summed E-state index contributed by atoms with van der Waals surface area (Å²) < 4.78 is 4.88. The minimum absolute atomic E-state index is 0.841. The number of aliphatic carboxylic acids is 1. The van der Waals surface area contributed by atoms with E-state index in [1.54, 1.807) is 0 Å². The smallest absolute Gasteiger partial charge is 0.365 e. The fourth-order valence-electron chi connectivity index (χ4n) is 2.89. The highest BCUT2D eigenvalue weighted by atomic mass is 17.1. The topological polar surface area (TPSA) is 217 Å². The van der Waals surface area contributed by atoms with Crippen LogP contribution in [-0.2, 0) is 24.0 Å². The van der Waals surface area contributed by atoms with E-state index in [4.69, 9.17) is 20.8 Å². The number of aliphatic hydroxyl groups is 4. The van der Waals surface area contributed by atoms with E-state index in [1.807, 2.05) is 0 Å². The molecular formula is C13H21NO11. The van der Waals surface area contributed by atoms with E-state index in [2.05, 4.69) is 4.89 Å². The number of hydrogen-bond acceptors (Lipinski definition) is 11. The first-order chi connectivity index (χ1) is 11.4. The molecule has 144 valence electrons. The average molecular weight is 367 g/mol. The summed E-state index contributed by atoms with van der Waals surface area (Å²) in [6.07, 6.45) is -8.40. The van der Waals surface area contributed by atoms with E-state index >= 15 is 0 Å². The molecule has 0 aromatic carbocycles. The van der Waals surface area contributed by atoms with Crippen molar-refractivity contribution in [3.63, 3.8) is 0 Å². The van der Waals surface area contributed by atoms with E-state index in [-0.39, 0.29) is 0 Å². The summed E-state index contributed by atoms with van der Waals surface area (Å²) in [6.45, 7) is 0.692. The molecule has 0 bridgehead atoms. The molecule has 0 aliphatic carbocycles. The maximum Gasteiger partial charge on any atom is 0.365 e. The number of Topliss-reactive ketones (excluding diaryl/α,β-unsaturated/α-hetero) is 2. The van der Waals surface area contributed by atoms with Gasteiger partial charge in [0.05, 0.1) is 6.61 Å². The van der Waals surface area contributed by atoms with Crippen LogP contribution in [0.1, 0.15) is 13.8 Å². The van der Waals surface area contributed by atoms with Crippen LogP contribution in [0.5, 0.6) is 0 Å². The highest BCUT2D eigenvalue weighted by Crippen LogP contribution is 2.42. The van der Waals surface area contributed by atoms with Gasteiger partial charge in [-0.2, -0.15) is 0 Å². The van der Waals surface area contributed by atoms with Crippen molar-refractivity contribution in [2.24, 2.45) is 11.7 Å². The molecule has 7 atom stereocenters. The number of hydrogen-bond donors (Lipinski definition) is 7. The summed E-state index contributed by atoms with van der Waals surface area (Å²) in [7, 11) is 0. The van der Waals surface area contributed by atoms with E-state index in [1.165, 1.54) is 0 Å². The van der Waals surface area contributed by atoms with Crippen LogP contribution in [0.15, 0.2) is 0 Å². The fraction of sp³-hybridized carbons (Fsp3) is 0.769. The molecule has 0 aromatic heterocycles. The standard InChI is InChI=1S/C13H21NO11/c1-4(16)7-9(25-23)12(14,5(2)17)10(8(19)6(18)3-15)24-13(7,22)11(20)21/h6-10,15,18-19,22-23H,3,14H2,1-2H3,(H,20,21)/t6-,7?,8-,9+,10+,12-,13?/m1/s1. The van der Waals surface area contributed by atoms with Gasteiger partial charge in [-0.15, -0.1) is 0 Å². The van der Waals surface area contributed by atoms with Gasteiger partial charge in [0, 0.05) is 0 Å². The molecule has 25 heavy (non-hydrogen) atoms. The number of carbonyl (C=O) groups excluding carboxylic acids is 2. The summed E-state index contributed by atoms with van der Waals surface area (Å²) in [4.78, 5) is 39.4. The van der Waals surface area contributed by atoms with Crippen LogP contribution in [0.25, 0.3) is 0 Å². The van der Waals surface area contributed by atoms with E-state index in [9.17, 15) is 34.8 Å². The molecule has 0 saturated carbocycles. The highest BCUT2D eigenvalue weighted by molar-refractivity contribution is 5.93. The Morgan fingerprint density at radius 3 is 2.12 bits per heavy atom. The van der Waals surface area contributed by atoms with Crippen LogP contribution in [0.4, 0.5) is 0 Å². The monoisotopic (exact) mass is 367 g/mol. The molecule has 1 aliphatic heterocycles. The lowest BCUT2D eigenvalue weighted by molar-refractivity contribution is -0.377. The zero-order valence-corrected chi connectivity index (χ0v) is 13.4. The second kappa shape index (κ2) is 7.39. The first kappa shape index (κ1) is 21.5. The molecule has 0 aromatic rings. The average Bonchev–Trinajstić information content (AvgIpc) is 2.53. The molecule has 1 rings (SSSR count). The molecule has 2 unspecified atom stereocenters. The second-order valence-electron chi connectivity index (χ2n) is 5.88. The maximum atomic E-state index is 12.1. The third kappa shape index (κ3) is 3.30. The number of rotatable bonds is 7. The van der Waals surface area contributed by atoms with Gasteiger partial charge in [0.2, 0.25) is 0 Å². The SMILES string of the molecule is CC(=O)C1[C@H](OO)[C@](N)(C(C)=O)[C@H]([C@H](O)[C@H](O)CO)OC1(O)C(=O)O. The third-order valence-corrected chi connectivity index (χ3v) is 4.33. The number of aliphatic hydroxyl groups excluding tert-OH is 3. The maximum absolute atomic E-state index is 12.1. The minimum atomic E-state index is -3.33. The van der Waals surface area contributed by atoms with Gasteiger partial charge in [-0.1, -0.05) is 0 Å². The minimum Gasteiger partial charge on any atom is -0.477 e. The zero-order valence-electron chi connectivity index (χ0n) is 13.4. The van der Waals surface area contributed by atoms with Crippen molar-refractivity contribution in [2.45, 2.75) is 49.6 Å². The zero-order chi connectivity index (χ0) is 19.7. The Kier molecular flexibility index (Phi) is 6.36. The molecule has 1 saturated heterocycles. The van der Waals surface area contributed by atoms with Gasteiger partial charge in [0.1, 0.15) is 41.7 Å². The van der Waals surface area contributed by atoms with Crippen molar-refractivity contribution in [3.8, 4) is 0 Å². The Hall–Kier alpha value is -1.51. The second-order valence-corrected chi connectivity index (χ2v) is 5.88. The predicted molar refractivity (Wildman–Crippen MR) is 75.8 cm³/mol. The van der Waals surface area contributed by atoms with E-state index in [0.29, 0.717) is 0 Å². The lowest BCUT2D eigenvalue weighted by atomic mass is 9.68. The largest absolute Gasteiger partial charge is 0.477 e. The third-order valence-electron chi connectivity index (χ3n) is 4.33. The molecule has 0 radical (unpaired) electrons. The molecule has 8 N–H and O–H groups in total. The summed E-state index contributed by atoms with van der Waals surface area (Å²) in [5.41, 5.74) is 3.34. The number of ether oxygens (including phenoxy) is 1. The number of carbonyl (C=O) groups is 3. The molecule has 1 heterocycles. The van der Waals surface area contributed by atoms with Crippen LogP contribution in [0.3, 0.4) is 0 Å². The van der Waals surface area contributed by atoms with Crippen molar-refractivity contribution < 1.29 is 54.8 Å². The number of nitrogens with two attached hydrogens (primary N) is 1. The lowest BCUT2D eigenvalue weighted by Gasteiger charge is -2.52. The normalized spacial score (nSPS) is 38.0. The molecule has 1 fully saturated rings. The fourth-order valence-corrected chi connectivity index (χ4v) is 2.89. The lowest BCUT2D eigenvalue weighted by Crippen LogP contribution is -2.80. The Morgan fingerprint density at radius 1 is 1.28 bits per heavy atom. The highest BCUT2D eigenvalue weighted by Gasteiger charge is 2.69. The van der Waals surface area contributed by atoms with Crippen LogP contribution >= 0.6 is 0 Å². The quantitative estimate of drug-likeness (QED) is 0.170. The summed E-state index contributed by atoms with van der Waals surface area (Å²) in [5.74, 6) is -9.62. The number of ketones is 2. The molecule has 0 spiro atoms. The Morgan fingerprint density at radius 2 is 1.80 bits per heavy atom. The van der Waals surface area contributed by atoms with Crippen molar-refractivity contribution in [3.05, 3.63) is 0 Å². The molecule has 12 heteroatoms. The van der Waals surface area contributed by atoms with Crippen molar-refractivity contribution in [2.75, 3.05) is 6.61 Å². The van der Waals surface area contributed by atoms with Crippen molar-refractivity contribution >= 4 is 17.5 Å². The van der Waals surface area contributed by atoms with Crippen LogP contribution in [-0.4, -0.2) is 90.7 Å². The predicted octanol–water partition coefficient (Wildman–Crippen LogP) is -3.78. The summed E-state index contributed by atoms with van der Waals surface area (Å²) >= 11 is 0. The van der Waals surface area contributed by atoms with Gasteiger partial charge >= 0.3 is 5.97 Å². The van der Waals surface area contributed by atoms with Gasteiger partial charge in [0.25, 0.3) is 5.79 Å². The first-order valence-corrected chi connectivity index (χ1v) is 7.10. The Balaban J connectivity index is 3.64. The molecular weight excluding hydrogens is 346 g/mol. The summed E-state index contributed by atoms with van der Waals surface area (Å²) in [6, 6.07) is 0. The number of carboxylic acids is 1. The van der Waals surface area contributed by atoms with Crippen LogP contribution < -0.4 is 5.73 Å². The summed E-state index contributed by atoms with van der Waals surface area (Å²) in [5, 5.41) is 57.3. The van der Waals surface area contributed by atoms with Gasteiger partial charge in [-0.25, -0.2) is 9.68 Å². The van der Waals surface area contributed by atoms with Crippen LogP contribution in [0.2, 0.25) is 0 Å². The van der Waals surface area contributed by atoms with E-state index in [0.717, 1.165) is 13.8 Å². The first-order valence-electron chi connectivity index (χ1n) is 7.10. The van der Waals surface area contributed by atoms with Gasteiger partial charge < -0.3 is 36.0 Å². The number of carboxylic acid groups (broad SMARTS) is 1. The van der Waals surface area contributed by atoms with Crippen molar-refractivity contribution in [1.29, 1.82) is 0 Å². The molecule has 0 amide bonds. The van der Waals surface area contributed by atoms with Gasteiger partial charge in [0.15, 0.2) is 5.78 Å².